The minimum Gasteiger partial charge on any atom is -0.510 e. The van der Waals surface area contributed by atoms with Gasteiger partial charge in [-0.2, -0.15) is 23.7 Å². The van der Waals surface area contributed by atoms with E-state index in [-0.39, 0.29) is 83.5 Å². The van der Waals surface area contributed by atoms with Gasteiger partial charge in [0.05, 0.1) is 11.0 Å². The van der Waals surface area contributed by atoms with Crippen molar-refractivity contribution in [3.8, 4) is 22.5 Å². The van der Waals surface area contributed by atoms with Crippen LogP contribution in [0.1, 0.15) is 87.2 Å². The van der Waals surface area contributed by atoms with Crippen LogP contribution in [0.3, 0.4) is 0 Å². The van der Waals surface area contributed by atoms with Crippen molar-refractivity contribution >= 4 is 82.1 Å². The van der Waals surface area contributed by atoms with Gasteiger partial charge in [0, 0.05) is 50.8 Å². The molecule has 5 nitrogen and oxygen atoms in total. The van der Waals surface area contributed by atoms with Crippen LogP contribution in [0, 0.1) is 12.1 Å². The number of nitrogens with zero attached hydrogens (tertiary/aromatic N) is 4. The van der Waals surface area contributed by atoms with Crippen LogP contribution in [0.15, 0.2) is 187 Å². The molecule has 11 aromatic rings. The second kappa shape index (κ2) is 17.5. The fourth-order valence-corrected chi connectivity index (χ4v) is 9.91. The van der Waals surface area contributed by atoms with Crippen molar-refractivity contribution in [1.82, 2.24) is 18.5 Å². The summed E-state index contributed by atoms with van der Waals surface area (Å²) < 4.78 is 68.7. The summed E-state index contributed by atoms with van der Waals surface area (Å²) in [5.41, 5.74) is 9.30. The number of fused-ring (bicyclic) bond motifs is 23. The molecule has 0 amide bonds. The van der Waals surface area contributed by atoms with Crippen molar-refractivity contribution in [2.45, 2.75) is 78.6 Å². The van der Waals surface area contributed by atoms with Gasteiger partial charge in [0.2, 0.25) is 0 Å². The average molecular weight is 1120 g/mol. The van der Waals surface area contributed by atoms with E-state index in [2.05, 4.69) is 205 Å². The molecule has 8 aromatic carbocycles. The summed E-state index contributed by atoms with van der Waals surface area (Å²) in [5.74, 6) is 0. The van der Waals surface area contributed by atoms with Crippen LogP contribution in [-0.2, 0) is 37.3 Å². The first-order valence-electron chi connectivity index (χ1n) is 27.3. The van der Waals surface area contributed by atoms with Crippen LogP contribution in [0.4, 0.5) is 0 Å². The molecule has 0 fully saturated rings. The molecule has 0 spiro atoms. The summed E-state index contributed by atoms with van der Waals surface area (Å²) in [6.45, 7) is 19.6. The van der Waals surface area contributed by atoms with Gasteiger partial charge in [-0.25, -0.2) is 4.98 Å². The Morgan fingerprint density at radius 3 is 1.93 bits per heavy atom. The minimum atomic E-state index is -0.441. The van der Waals surface area contributed by atoms with Crippen LogP contribution in [-0.4, -0.2) is 18.5 Å². The Kier molecular flexibility index (Phi) is 9.77. The molecule has 360 valence electrons. The van der Waals surface area contributed by atoms with Gasteiger partial charge in [0.1, 0.15) is 5.65 Å². The van der Waals surface area contributed by atoms with Crippen LogP contribution in [0.25, 0.3) is 105 Å². The average Bonchev–Trinajstić information content (AvgIpc) is 4.21. The van der Waals surface area contributed by atoms with E-state index in [1.165, 1.54) is 5.56 Å². The second-order valence-electron chi connectivity index (χ2n) is 21.8. The number of imidazole rings is 1. The van der Waals surface area contributed by atoms with Gasteiger partial charge in [0.25, 0.3) is 0 Å². The molecule has 0 atom stereocenters. The zero-order chi connectivity index (χ0) is 54.2. The minimum absolute atomic E-state index is 0. The third-order valence-corrected chi connectivity index (χ3v) is 13.8. The topological polar surface area (TPSA) is 40.3 Å². The van der Waals surface area contributed by atoms with Crippen molar-refractivity contribution in [3.05, 3.63) is 211 Å². The third kappa shape index (κ3) is 8.18. The van der Waals surface area contributed by atoms with E-state index in [0.717, 1.165) is 66.1 Å². The predicted octanol–water partition coefficient (Wildman–Crippen LogP) is 17.7. The molecule has 12 rings (SSSR count). The predicted molar refractivity (Wildman–Crippen MR) is 299 cm³/mol. The fourth-order valence-electron chi connectivity index (χ4n) is 9.91. The molecule has 4 heterocycles. The quantitative estimate of drug-likeness (QED) is 0.154. The molecule has 6 heteroatoms. The number of para-hydroxylation sites is 3. The Morgan fingerprint density at radius 1 is 0.528 bits per heavy atom. The van der Waals surface area contributed by atoms with Gasteiger partial charge in [-0.3, -0.25) is 0 Å². The van der Waals surface area contributed by atoms with Crippen LogP contribution < -0.4 is 0 Å². The van der Waals surface area contributed by atoms with Crippen LogP contribution in [0.2, 0.25) is 0 Å². The number of hydrogen-bond acceptors (Lipinski definition) is 2. The van der Waals surface area contributed by atoms with E-state index >= 15 is 0 Å². The molecular weight excluding hydrogens is 1060 g/mol. The Bertz CT molecular complexity index is 4590. The summed E-state index contributed by atoms with van der Waals surface area (Å²) in [4.78, 5) is 5.40. The molecule has 0 N–H and O–H groups in total. The number of benzene rings is 8. The van der Waals surface area contributed by atoms with Crippen molar-refractivity contribution in [2.75, 3.05) is 0 Å². The van der Waals surface area contributed by atoms with Crippen molar-refractivity contribution in [2.24, 2.45) is 0 Å². The van der Waals surface area contributed by atoms with E-state index in [4.69, 9.17) is 12.1 Å². The molecule has 1 aliphatic rings. The smallest absolute Gasteiger partial charge is 0.136 e. The Morgan fingerprint density at radius 2 is 1.18 bits per heavy atom. The van der Waals surface area contributed by atoms with Crippen molar-refractivity contribution < 1.29 is 33.7 Å². The van der Waals surface area contributed by atoms with Gasteiger partial charge in [-0.05, 0) is 108 Å². The number of rotatable bonds is 1. The Labute approximate surface area is 444 Å². The first-order valence-corrected chi connectivity index (χ1v) is 24.3. The largest absolute Gasteiger partial charge is 0.510 e. The first-order chi connectivity index (χ1) is 36.6. The zero-order valence-corrected chi connectivity index (χ0v) is 44.1. The molecule has 10 bridgehead atoms. The van der Waals surface area contributed by atoms with Gasteiger partial charge in [0.15, 0.2) is 0 Å². The Balaban J connectivity index is 0.00000645. The molecule has 0 saturated heterocycles. The molecule has 0 unspecified atom stereocenters. The van der Waals surface area contributed by atoms with Gasteiger partial charge in [-0.15, -0.1) is 29.1 Å². The zero-order valence-electron chi connectivity index (χ0n) is 47.9. The summed E-state index contributed by atoms with van der Waals surface area (Å²) in [6.07, 6.45) is 2.14. The summed E-state index contributed by atoms with van der Waals surface area (Å²) >= 11 is 0. The molecule has 72 heavy (non-hydrogen) atoms. The standard InChI is InChI=1S/C66H57N4O.Pt/c1-64(2,3)45-33-48-39-50(34-45)71-49-30-31-54-53-26-15-16-27-58(53)70(61(54)40-49)62-38-47(66(7,8)9)37-57(67-62)44-23-19-22-43(32-44)51-24-13-14-25-52(51)56-36-46(65(4,5)6)35-55(42-20-11-10-12-21-42)63(56)69-41-68(48)59-28-17-18-29-60(59)69;/h10-38,41H,1-9H3;/q-3;/i15D,16D,26D,27D,30D,31D;. The SMILES string of the molecule is [2H]c1c([2H])c([2H])c2c(c1[2H])c1c([2H])c([2H])c3[c-]c1n2c1cc(C(C)(C)C)cc(n1)c1cccc(c1)c1ccccc1c1cc(C(C)(C)C)cc(-c2ccccc2)c1n1[cH-]n(c2[c-]c(cc(C(C)(C)C)c2)o3)-c2ccccc2-1.[Pt]. The number of aromatic nitrogens is 4. The number of pyridine rings is 1. The maximum atomic E-state index is 9.70. The fraction of sp³-hybridized carbons (Fsp3) is 0.182. The van der Waals surface area contributed by atoms with Crippen LogP contribution in [0.5, 0.6) is 0 Å². The van der Waals surface area contributed by atoms with Crippen LogP contribution >= 0.6 is 0 Å². The van der Waals surface area contributed by atoms with Gasteiger partial charge >= 0.3 is 0 Å². The first kappa shape index (κ1) is 40.3. The molecule has 0 aliphatic carbocycles. The summed E-state index contributed by atoms with van der Waals surface area (Å²) in [5, 5.41) is 5.15. The van der Waals surface area contributed by atoms with E-state index in [9.17, 15) is 5.48 Å². The van der Waals surface area contributed by atoms with E-state index in [1.807, 2.05) is 24.3 Å². The third-order valence-electron chi connectivity index (χ3n) is 13.8. The van der Waals surface area contributed by atoms with Crippen molar-refractivity contribution in [3.63, 3.8) is 0 Å². The summed E-state index contributed by atoms with van der Waals surface area (Å²) in [7, 11) is 0. The van der Waals surface area contributed by atoms with E-state index in [1.54, 1.807) is 4.40 Å². The monoisotopic (exact) mass is 1120 g/mol. The summed E-state index contributed by atoms with van der Waals surface area (Å²) in [6, 6.07) is 53.7. The maximum Gasteiger partial charge on any atom is 0.136 e. The molecule has 3 aromatic heterocycles. The van der Waals surface area contributed by atoms with E-state index in [0.29, 0.717) is 22.3 Å². The maximum absolute atomic E-state index is 9.70. The normalized spacial score (nSPS) is 13.6. The van der Waals surface area contributed by atoms with Crippen molar-refractivity contribution in [1.29, 1.82) is 0 Å². The van der Waals surface area contributed by atoms with Gasteiger partial charge < -0.3 is 18.0 Å². The molecule has 0 saturated carbocycles. The molecule has 1 aliphatic heterocycles. The molecular formula is C66H57N4OPt-3. The number of hydrogen-bond donors (Lipinski definition) is 0. The van der Waals surface area contributed by atoms with E-state index < -0.39 is 17.5 Å². The van der Waals surface area contributed by atoms with Gasteiger partial charge in [-0.1, -0.05) is 195 Å². The second-order valence-corrected chi connectivity index (χ2v) is 21.8. The molecule has 0 radical (unpaired) electrons. The Hall–Kier alpha value is -7.33.